The Morgan fingerprint density at radius 2 is 2.11 bits per heavy atom. The van der Waals surface area contributed by atoms with Gasteiger partial charge in [0.25, 0.3) is 0 Å². The molecule has 0 radical (unpaired) electrons. The molecule has 1 saturated carbocycles. The summed E-state index contributed by atoms with van der Waals surface area (Å²) in [6, 6.07) is 6.65. The molecule has 1 aromatic carbocycles. The maximum Gasteiger partial charge on any atom is 0.122 e. The Kier molecular flexibility index (Phi) is 5.12. The zero-order chi connectivity index (χ0) is 13.8. The Morgan fingerprint density at radius 1 is 1.37 bits per heavy atom. The van der Waals surface area contributed by atoms with Gasteiger partial charge in [-0.15, -0.1) is 0 Å². The van der Waals surface area contributed by atoms with Crippen molar-refractivity contribution in [2.24, 2.45) is 11.8 Å². The Morgan fingerprint density at radius 3 is 2.68 bits per heavy atom. The van der Waals surface area contributed by atoms with Crippen LogP contribution in [0, 0.1) is 11.8 Å². The van der Waals surface area contributed by atoms with Crippen molar-refractivity contribution in [1.29, 1.82) is 0 Å². The minimum absolute atomic E-state index is 0.618. The Hall–Kier alpha value is -0.730. The lowest BCUT2D eigenvalue weighted by atomic mass is 9.88. The van der Waals surface area contributed by atoms with Crippen LogP contribution in [0.15, 0.2) is 18.2 Å². The summed E-state index contributed by atoms with van der Waals surface area (Å²) in [6.45, 7) is 5.66. The lowest BCUT2D eigenvalue weighted by Gasteiger charge is -2.22. The lowest BCUT2D eigenvalue weighted by molar-refractivity contribution is 0.349. The summed E-state index contributed by atoms with van der Waals surface area (Å²) in [4.78, 5) is 0. The lowest BCUT2D eigenvalue weighted by Crippen LogP contribution is -2.29. The van der Waals surface area contributed by atoms with E-state index in [-0.39, 0.29) is 0 Å². The van der Waals surface area contributed by atoms with Gasteiger partial charge in [0.05, 0.1) is 7.11 Å². The van der Waals surface area contributed by atoms with Crippen molar-refractivity contribution in [3.8, 4) is 5.75 Å². The highest BCUT2D eigenvalue weighted by Gasteiger charge is 2.23. The molecular weight excluding hydrogens is 258 g/mol. The van der Waals surface area contributed by atoms with E-state index in [1.807, 2.05) is 18.2 Å². The third-order valence-corrected chi connectivity index (χ3v) is 4.15. The number of rotatable bonds is 7. The molecule has 0 aliphatic heterocycles. The van der Waals surface area contributed by atoms with E-state index in [1.54, 1.807) is 7.11 Å². The van der Waals surface area contributed by atoms with Gasteiger partial charge >= 0.3 is 0 Å². The highest BCUT2D eigenvalue weighted by atomic mass is 35.5. The van der Waals surface area contributed by atoms with E-state index < -0.39 is 0 Å². The quantitative estimate of drug-likeness (QED) is 0.818. The van der Waals surface area contributed by atoms with Gasteiger partial charge in [-0.3, -0.25) is 0 Å². The molecule has 0 amide bonds. The summed E-state index contributed by atoms with van der Waals surface area (Å²) >= 11 is 6.10. The number of methoxy groups -OCH3 is 1. The summed E-state index contributed by atoms with van der Waals surface area (Å²) in [7, 11) is 1.72. The predicted molar refractivity (Wildman–Crippen MR) is 81.1 cm³/mol. The Bertz CT molecular complexity index is 415. The van der Waals surface area contributed by atoms with Gasteiger partial charge in [0.15, 0.2) is 0 Å². The monoisotopic (exact) mass is 281 g/mol. The SMILES string of the molecule is COc1ccc(Cl)cc1CC(CNC1CC1)C(C)C. The third-order valence-electron chi connectivity index (χ3n) is 3.91. The molecule has 0 aromatic heterocycles. The smallest absolute Gasteiger partial charge is 0.122 e. The highest BCUT2D eigenvalue weighted by Crippen LogP contribution is 2.28. The van der Waals surface area contributed by atoms with E-state index in [0.29, 0.717) is 11.8 Å². The fourth-order valence-corrected chi connectivity index (χ4v) is 2.53. The summed E-state index contributed by atoms with van der Waals surface area (Å²) in [6.07, 6.45) is 3.69. The minimum atomic E-state index is 0.618. The van der Waals surface area contributed by atoms with Crippen LogP contribution in [0.4, 0.5) is 0 Å². The van der Waals surface area contributed by atoms with E-state index in [1.165, 1.54) is 18.4 Å². The summed E-state index contributed by atoms with van der Waals surface area (Å²) in [5.74, 6) is 2.21. The van der Waals surface area contributed by atoms with Gasteiger partial charge in [0.1, 0.15) is 5.75 Å². The van der Waals surface area contributed by atoms with E-state index in [0.717, 1.165) is 29.8 Å². The van der Waals surface area contributed by atoms with Gasteiger partial charge in [0, 0.05) is 11.1 Å². The van der Waals surface area contributed by atoms with Crippen molar-refractivity contribution < 1.29 is 4.74 Å². The molecule has 1 unspecified atom stereocenters. The van der Waals surface area contributed by atoms with Crippen molar-refractivity contribution >= 4 is 11.6 Å². The topological polar surface area (TPSA) is 21.3 Å². The van der Waals surface area contributed by atoms with Crippen LogP contribution in [0.3, 0.4) is 0 Å². The first-order valence-corrected chi connectivity index (χ1v) is 7.53. The summed E-state index contributed by atoms with van der Waals surface area (Å²) < 4.78 is 5.44. The number of hydrogen-bond donors (Lipinski definition) is 1. The number of halogens is 1. The van der Waals surface area contributed by atoms with Gasteiger partial charge in [-0.1, -0.05) is 25.4 Å². The molecule has 2 nitrogen and oxygen atoms in total. The molecule has 19 heavy (non-hydrogen) atoms. The van der Waals surface area contributed by atoms with Gasteiger partial charge < -0.3 is 10.1 Å². The second-order valence-electron chi connectivity index (χ2n) is 5.85. The average molecular weight is 282 g/mol. The number of benzene rings is 1. The van der Waals surface area contributed by atoms with Crippen molar-refractivity contribution in [2.75, 3.05) is 13.7 Å². The van der Waals surface area contributed by atoms with E-state index in [4.69, 9.17) is 16.3 Å². The zero-order valence-electron chi connectivity index (χ0n) is 12.1. The van der Waals surface area contributed by atoms with Crippen molar-refractivity contribution in [3.63, 3.8) is 0 Å². The first kappa shape index (κ1) is 14.7. The van der Waals surface area contributed by atoms with Crippen LogP contribution >= 0.6 is 11.6 Å². The summed E-state index contributed by atoms with van der Waals surface area (Å²) in [5.41, 5.74) is 1.21. The molecule has 1 atom stereocenters. The fraction of sp³-hybridized carbons (Fsp3) is 0.625. The molecule has 1 N–H and O–H groups in total. The number of hydrogen-bond acceptors (Lipinski definition) is 2. The summed E-state index contributed by atoms with van der Waals surface area (Å²) in [5, 5.41) is 4.42. The second-order valence-corrected chi connectivity index (χ2v) is 6.28. The van der Waals surface area contributed by atoms with Crippen LogP contribution in [0.2, 0.25) is 5.02 Å². The predicted octanol–water partition coefficient (Wildman–Crippen LogP) is 3.92. The van der Waals surface area contributed by atoms with Crippen LogP contribution in [0.25, 0.3) is 0 Å². The molecule has 0 heterocycles. The Balaban J connectivity index is 2.03. The molecule has 1 aromatic rings. The van der Waals surface area contributed by atoms with Crippen molar-refractivity contribution in [3.05, 3.63) is 28.8 Å². The Labute approximate surface area is 121 Å². The molecule has 106 valence electrons. The van der Waals surface area contributed by atoms with Crippen molar-refractivity contribution in [1.82, 2.24) is 5.32 Å². The van der Waals surface area contributed by atoms with Gasteiger partial charge in [-0.2, -0.15) is 0 Å². The van der Waals surface area contributed by atoms with Crippen LogP contribution in [0.1, 0.15) is 32.3 Å². The molecule has 0 saturated heterocycles. The van der Waals surface area contributed by atoms with E-state index in [2.05, 4.69) is 19.2 Å². The minimum Gasteiger partial charge on any atom is -0.496 e. The van der Waals surface area contributed by atoms with Crippen LogP contribution in [0.5, 0.6) is 5.75 Å². The fourth-order valence-electron chi connectivity index (χ4n) is 2.34. The highest BCUT2D eigenvalue weighted by molar-refractivity contribution is 6.30. The molecule has 1 fully saturated rings. The standard InChI is InChI=1S/C16H24ClNO/c1-11(2)13(10-18-15-5-6-15)8-12-9-14(17)4-7-16(12)19-3/h4,7,9,11,13,15,18H,5-6,8,10H2,1-3H3. The van der Waals surface area contributed by atoms with Crippen molar-refractivity contribution in [2.45, 2.75) is 39.2 Å². The first-order valence-electron chi connectivity index (χ1n) is 7.16. The van der Waals surface area contributed by atoms with Crippen LogP contribution in [-0.2, 0) is 6.42 Å². The van der Waals surface area contributed by atoms with Gasteiger partial charge in [-0.25, -0.2) is 0 Å². The molecule has 3 heteroatoms. The normalized spacial score (nSPS) is 16.7. The maximum absolute atomic E-state index is 6.10. The zero-order valence-corrected chi connectivity index (χ0v) is 12.8. The molecule has 0 bridgehead atoms. The molecule has 0 spiro atoms. The van der Waals surface area contributed by atoms with Crippen LogP contribution < -0.4 is 10.1 Å². The second kappa shape index (κ2) is 6.62. The number of ether oxygens (including phenoxy) is 1. The van der Waals surface area contributed by atoms with Gasteiger partial charge in [0.2, 0.25) is 0 Å². The first-order chi connectivity index (χ1) is 9.10. The largest absolute Gasteiger partial charge is 0.496 e. The maximum atomic E-state index is 6.10. The van der Waals surface area contributed by atoms with E-state index >= 15 is 0 Å². The average Bonchev–Trinajstić information content (AvgIpc) is 3.18. The van der Waals surface area contributed by atoms with Gasteiger partial charge in [-0.05, 0) is 61.4 Å². The molecule has 1 aliphatic carbocycles. The molecule has 2 rings (SSSR count). The van der Waals surface area contributed by atoms with Crippen LogP contribution in [-0.4, -0.2) is 19.7 Å². The number of nitrogens with one attached hydrogen (secondary N) is 1. The molecular formula is C16H24ClNO. The third kappa shape index (κ3) is 4.39. The molecule has 1 aliphatic rings. The van der Waals surface area contributed by atoms with E-state index in [9.17, 15) is 0 Å².